The van der Waals surface area contributed by atoms with Crippen molar-refractivity contribution in [3.63, 3.8) is 0 Å². The number of benzene rings is 2. The van der Waals surface area contributed by atoms with Gasteiger partial charge in [-0.3, -0.25) is 4.79 Å². The highest BCUT2D eigenvalue weighted by molar-refractivity contribution is 7.18. The van der Waals surface area contributed by atoms with Crippen LogP contribution in [0.25, 0.3) is 21.6 Å². The number of para-hydroxylation sites is 1. The second-order valence-corrected chi connectivity index (χ2v) is 8.70. The average molecular weight is 419 g/mol. The summed E-state index contributed by atoms with van der Waals surface area (Å²) in [5, 5.41) is 16.2. The van der Waals surface area contributed by atoms with E-state index in [1.165, 1.54) is 4.70 Å². The van der Waals surface area contributed by atoms with E-state index in [4.69, 9.17) is 0 Å². The maximum atomic E-state index is 12.4. The normalized spacial score (nSPS) is 13.6. The van der Waals surface area contributed by atoms with Gasteiger partial charge in [-0.05, 0) is 66.8 Å². The lowest BCUT2D eigenvalue weighted by atomic mass is 10.1. The Bertz CT molecular complexity index is 1150. The first-order chi connectivity index (χ1) is 14.8. The van der Waals surface area contributed by atoms with Crippen LogP contribution in [-0.4, -0.2) is 31.1 Å². The Labute approximate surface area is 178 Å². The first-order valence-electron chi connectivity index (χ1n) is 10.3. The number of amides is 1. The van der Waals surface area contributed by atoms with Crippen LogP contribution in [0.15, 0.2) is 48.5 Å². The van der Waals surface area contributed by atoms with E-state index >= 15 is 0 Å². The van der Waals surface area contributed by atoms with Crippen LogP contribution in [-0.2, 0) is 11.2 Å². The number of tetrazole rings is 1. The summed E-state index contributed by atoms with van der Waals surface area (Å²) in [4.78, 5) is 17.0. The van der Waals surface area contributed by atoms with E-state index in [1.807, 2.05) is 47.1 Å². The van der Waals surface area contributed by atoms with Gasteiger partial charge in [-0.15, -0.1) is 16.4 Å². The number of anilines is 1. The van der Waals surface area contributed by atoms with Gasteiger partial charge in [0.1, 0.15) is 0 Å². The Hall–Kier alpha value is -3.13. The topological polar surface area (TPSA) is 85.6 Å². The molecule has 1 N–H and O–H groups in total. The summed E-state index contributed by atoms with van der Waals surface area (Å²) in [5.74, 6) is 0.780. The Morgan fingerprint density at radius 3 is 2.90 bits per heavy atom. The number of unbranched alkanes of at least 4 members (excludes halogenated alkanes) is 1. The van der Waals surface area contributed by atoms with Gasteiger partial charge in [0, 0.05) is 17.7 Å². The number of nitrogens with one attached hydrogen (secondary N) is 1. The number of hydrogen-bond donors (Lipinski definition) is 1. The number of aryl methyl sites for hydroxylation is 1. The molecule has 0 radical (unpaired) electrons. The van der Waals surface area contributed by atoms with Gasteiger partial charge in [-0.1, -0.05) is 24.3 Å². The summed E-state index contributed by atoms with van der Waals surface area (Å²) in [6, 6.07) is 16.3. The highest BCUT2D eigenvalue weighted by Crippen LogP contribution is 2.36. The zero-order valence-corrected chi connectivity index (χ0v) is 17.3. The summed E-state index contributed by atoms with van der Waals surface area (Å²) in [5.41, 5.74) is 2.75. The lowest BCUT2D eigenvalue weighted by Gasteiger charge is -2.08. The Morgan fingerprint density at radius 2 is 2.03 bits per heavy atom. The maximum Gasteiger partial charge on any atom is 0.224 e. The van der Waals surface area contributed by atoms with E-state index in [1.54, 1.807) is 11.3 Å². The smallest absolute Gasteiger partial charge is 0.224 e. The fourth-order valence-corrected chi connectivity index (χ4v) is 4.51. The fraction of sp³-hybridized carbons (Fsp3) is 0.318. The minimum atomic E-state index is 0.0261. The molecule has 5 rings (SSSR count). The van der Waals surface area contributed by atoms with E-state index < -0.39 is 0 Å². The molecule has 1 fully saturated rings. The average Bonchev–Trinajstić information content (AvgIpc) is 3.33. The first-order valence-corrected chi connectivity index (χ1v) is 11.1. The largest absolute Gasteiger partial charge is 0.326 e. The van der Waals surface area contributed by atoms with Crippen LogP contribution in [0.5, 0.6) is 0 Å². The third-order valence-electron chi connectivity index (χ3n) is 5.17. The molecule has 0 atom stereocenters. The third-order valence-corrected chi connectivity index (χ3v) is 6.27. The molecule has 0 spiro atoms. The predicted molar refractivity (Wildman–Crippen MR) is 117 cm³/mol. The molecule has 0 saturated heterocycles. The lowest BCUT2D eigenvalue weighted by molar-refractivity contribution is -0.116. The van der Waals surface area contributed by atoms with Crippen molar-refractivity contribution in [2.24, 2.45) is 0 Å². The van der Waals surface area contributed by atoms with Crippen LogP contribution >= 0.6 is 11.3 Å². The van der Waals surface area contributed by atoms with Crippen LogP contribution in [0.1, 0.15) is 43.2 Å². The zero-order valence-electron chi connectivity index (χ0n) is 16.5. The quantitative estimate of drug-likeness (QED) is 0.422. The van der Waals surface area contributed by atoms with E-state index in [9.17, 15) is 4.79 Å². The standard InChI is InChI=1S/C22H22N6OS/c29-20(10-3-4-11-21-24-18-8-1-2-9-19(18)30-21)23-16-7-5-6-15(14-16)22-25-26-27-28(22)17-12-13-17/h1-2,5-9,14,17H,3-4,10-13H2,(H,23,29). The SMILES string of the molecule is O=C(CCCCc1nc2ccccc2s1)Nc1cccc(-c2nnnn2C2CC2)c1. The number of carbonyl (C=O) groups excluding carboxylic acids is 1. The number of nitrogens with zero attached hydrogens (tertiary/aromatic N) is 5. The molecule has 8 heteroatoms. The number of hydrogen-bond acceptors (Lipinski definition) is 6. The van der Waals surface area contributed by atoms with Gasteiger partial charge in [-0.25, -0.2) is 9.67 Å². The summed E-state index contributed by atoms with van der Waals surface area (Å²) in [6.45, 7) is 0. The Balaban J connectivity index is 1.13. The Kier molecular flexibility index (Phi) is 5.23. The van der Waals surface area contributed by atoms with Crippen molar-refractivity contribution < 1.29 is 4.79 Å². The van der Waals surface area contributed by atoms with Crippen molar-refractivity contribution in [1.29, 1.82) is 0 Å². The van der Waals surface area contributed by atoms with Gasteiger partial charge in [0.05, 0.1) is 21.3 Å². The Morgan fingerprint density at radius 1 is 1.13 bits per heavy atom. The van der Waals surface area contributed by atoms with Gasteiger partial charge in [0.25, 0.3) is 0 Å². The zero-order chi connectivity index (χ0) is 20.3. The van der Waals surface area contributed by atoms with Crippen molar-refractivity contribution in [3.8, 4) is 11.4 Å². The van der Waals surface area contributed by atoms with Crippen LogP contribution in [0.3, 0.4) is 0 Å². The molecule has 1 aliphatic carbocycles. The molecule has 2 heterocycles. The molecule has 2 aromatic carbocycles. The summed E-state index contributed by atoms with van der Waals surface area (Å²) in [7, 11) is 0. The highest BCUT2D eigenvalue weighted by Gasteiger charge is 2.28. The van der Waals surface area contributed by atoms with Crippen LogP contribution in [0.2, 0.25) is 0 Å². The van der Waals surface area contributed by atoms with Gasteiger partial charge < -0.3 is 5.32 Å². The molecule has 4 aromatic rings. The van der Waals surface area contributed by atoms with E-state index in [2.05, 4.69) is 31.9 Å². The first kappa shape index (κ1) is 18.9. The van der Waals surface area contributed by atoms with Crippen molar-refractivity contribution in [3.05, 3.63) is 53.5 Å². The minimum absolute atomic E-state index is 0.0261. The molecule has 2 aromatic heterocycles. The van der Waals surface area contributed by atoms with Crippen molar-refractivity contribution >= 4 is 33.1 Å². The molecular formula is C22H22N6OS. The van der Waals surface area contributed by atoms with Gasteiger partial charge in [0.15, 0.2) is 5.82 Å². The second kappa shape index (κ2) is 8.31. The van der Waals surface area contributed by atoms with E-state index in [-0.39, 0.29) is 5.91 Å². The van der Waals surface area contributed by atoms with E-state index in [0.717, 1.165) is 59.7 Å². The third kappa shape index (κ3) is 4.23. The molecule has 7 nitrogen and oxygen atoms in total. The molecule has 1 amide bonds. The fourth-order valence-electron chi connectivity index (χ4n) is 3.50. The molecule has 30 heavy (non-hydrogen) atoms. The van der Waals surface area contributed by atoms with Crippen LogP contribution < -0.4 is 5.32 Å². The van der Waals surface area contributed by atoms with Crippen molar-refractivity contribution in [2.45, 2.75) is 44.6 Å². The van der Waals surface area contributed by atoms with Gasteiger partial charge in [0.2, 0.25) is 5.91 Å². The van der Waals surface area contributed by atoms with Gasteiger partial charge in [-0.2, -0.15) is 0 Å². The van der Waals surface area contributed by atoms with Crippen molar-refractivity contribution in [2.75, 3.05) is 5.32 Å². The second-order valence-electron chi connectivity index (χ2n) is 7.59. The minimum Gasteiger partial charge on any atom is -0.326 e. The predicted octanol–water partition coefficient (Wildman–Crippen LogP) is 4.64. The molecule has 152 valence electrons. The number of thiazole rings is 1. The number of aromatic nitrogens is 5. The number of fused-ring (bicyclic) bond motifs is 1. The maximum absolute atomic E-state index is 12.4. The monoisotopic (exact) mass is 418 g/mol. The van der Waals surface area contributed by atoms with Crippen LogP contribution in [0, 0.1) is 0 Å². The molecule has 0 unspecified atom stereocenters. The van der Waals surface area contributed by atoms with Gasteiger partial charge >= 0.3 is 0 Å². The summed E-state index contributed by atoms with van der Waals surface area (Å²) >= 11 is 1.74. The molecule has 1 saturated carbocycles. The van der Waals surface area contributed by atoms with E-state index in [0.29, 0.717) is 12.5 Å². The summed E-state index contributed by atoms with van der Waals surface area (Å²) in [6.07, 6.45) is 5.42. The molecule has 0 aliphatic heterocycles. The number of carbonyl (C=O) groups is 1. The number of rotatable bonds is 8. The highest BCUT2D eigenvalue weighted by atomic mass is 32.1. The molecule has 0 bridgehead atoms. The summed E-state index contributed by atoms with van der Waals surface area (Å²) < 4.78 is 3.10. The molecular weight excluding hydrogens is 396 g/mol. The lowest BCUT2D eigenvalue weighted by Crippen LogP contribution is -2.11. The molecule has 1 aliphatic rings. The van der Waals surface area contributed by atoms with Crippen LogP contribution in [0.4, 0.5) is 5.69 Å². The van der Waals surface area contributed by atoms with Crippen molar-refractivity contribution in [1.82, 2.24) is 25.2 Å².